The van der Waals surface area contributed by atoms with Crippen LogP contribution in [-0.2, 0) is 13.1 Å². The predicted octanol–water partition coefficient (Wildman–Crippen LogP) is 2.80. The Bertz CT molecular complexity index is 853. The van der Waals surface area contributed by atoms with Crippen LogP contribution in [0.1, 0.15) is 11.3 Å². The second-order valence-electron chi connectivity index (χ2n) is 6.72. The third-order valence-electron chi connectivity index (χ3n) is 4.89. The van der Waals surface area contributed by atoms with Crippen molar-refractivity contribution in [1.82, 2.24) is 19.2 Å². The summed E-state index contributed by atoms with van der Waals surface area (Å²) >= 11 is 0. The first-order valence-electron chi connectivity index (χ1n) is 8.91. The molecular weight excluding hydrogens is 331 g/mol. The van der Waals surface area contributed by atoms with Gasteiger partial charge < -0.3 is 9.14 Å². The van der Waals surface area contributed by atoms with Gasteiger partial charge in [-0.1, -0.05) is 12.1 Å². The van der Waals surface area contributed by atoms with Crippen LogP contribution in [0.5, 0.6) is 5.75 Å². The maximum absolute atomic E-state index is 13.8. The van der Waals surface area contributed by atoms with E-state index in [2.05, 4.69) is 25.4 Å². The topological polar surface area (TPSA) is 33.0 Å². The average molecular weight is 354 g/mol. The lowest BCUT2D eigenvalue weighted by atomic mass is 10.2. The molecule has 0 radical (unpaired) electrons. The Morgan fingerprint density at radius 1 is 1.04 bits per heavy atom. The molecule has 1 aliphatic heterocycles. The molecule has 1 saturated heterocycles. The number of piperazine rings is 1. The molecule has 0 spiro atoms. The quantitative estimate of drug-likeness (QED) is 0.705. The Balaban J connectivity index is 1.31. The molecular formula is C20H23FN4O. The largest absolute Gasteiger partial charge is 0.494 e. The Morgan fingerprint density at radius 3 is 2.50 bits per heavy atom. The molecule has 5 nitrogen and oxygen atoms in total. The van der Waals surface area contributed by atoms with Crippen molar-refractivity contribution in [3.63, 3.8) is 0 Å². The van der Waals surface area contributed by atoms with Crippen molar-refractivity contribution < 1.29 is 9.13 Å². The highest BCUT2D eigenvalue weighted by molar-refractivity contribution is 5.39. The fraction of sp³-hybridized carbons (Fsp3) is 0.350. The number of hydrogen-bond acceptors (Lipinski definition) is 4. The van der Waals surface area contributed by atoms with E-state index in [-0.39, 0.29) is 5.82 Å². The van der Waals surface area contributed by atoms with E-state index in [9.17, 15) is 4.39 Å². The number of imidazole rings is 1. The lowest BCUT2D eigenvalue weighted by Crippen LogP contribution is -2.45. The van der Waals surface area contributed by atoms with Crippen molar-refractivity contribution in [2.75, 3.05) is 33.3 Å². The monoisotopic (exact) mass is 354 g/mol. The van der Waals surface area contributed by atoms with E-state index in [4.69, 9.17) is 4.74 Å². The molecule has 3 aromatic rings. The number of halogens is 1. The summed E-state index contributed by atoms with van der Waals surface area (Å²) in [6.07, 6.45) is 4.12. The molecule has 0 amide bonds. The molecule has 1 fully saturated rings. The van der Waals surface area contributed by atoms with Crippen molar-refractivity contribution in [1.29, 1.82) is 0 Å². The highest BCUT2D eigenvalue weighted by Gasteiger charge is 2.18. The van der Waals surface area contributed by atoms with Gasteiger partial charge in [-0.25, -0.2) is 9.37 Å². The first kappa shape index (κ1) is 17.0. The van der Waals surface area contributed by atoms with Crippen LogP contribution in [0.4, 0.5) is 4.39 Å². The second-order valence-corrected chi connectivity index (χ2v) is 6.72. The van der Waals surface area contributed by atoms with Crippen molar-refractivity contribution >= 4 is 5.65 Å². The number of fused-ring (bicyclic) bond motifs is 1. The second kappa shape index (κ2) is 7.43. The summed E-state index contributed by atoms with van der Waals surface area (Å²) in [4.78, 5) is 9.46. The summed E-state index contributed by atoms with van der Waals surface area (Å²) in [6.45, 7) is 5.57. The maximum Gasteiger partial charge on any atom is 0.165 e. The van der Waals surface area contributed by atoms with Gasteiger partial charge in [0.1, 0.15) is 5.65 Å². The van der Waals surface area contributed by atoms with E-state index in [1.165, 1.54) is 7.11 Å². The van der Waals surface area contributed by atoms with E-state index < -0.39 is 0 Å². The molecule has 1 aliphatic rings. The Labute approximate surface area is 152 Å². The summed E-state index contributed by atoms with van der Waals surface area (Å²) in [5.41, 5.74) is 3.07. The SMILES string of the molecule is COc1ccc(CN2CCN(Cc3cn4ccccc4n3)CC2)cc1F. The van der Waals surface area contributed by atoms with Crippen molar-refractivity contribution in [2.45, 2.75) is 13.1 Å². The normalized spacial score (nSPS) is 16.2. The van der Waals surface area contributed by atoms with Gasteiger partial charge in [0.05, 0.1) is 12.8 Å². The highest BCUT2D eigenvalue weighted by Crippen LogP contribution is 2.19. The smallest absolute Gasteiger partial charge is 0.165 e. The molecule has 0 N–H and O–H groups in total. The van der Waals surface area contributed by atoms with Crippen LogP contribution >= 0.6 is 0 Å². The Hall–Kier alpha value is -2.44. The number of nitrogens with zero attached hydrogens (tertiary/aromatic N) is 4. The van der Waals surface area contributed by atoms with Crippen LogP contribution < -0.4 is 4.74 Å². The third kappa shape index (κ3) is 3.71. The third-order valence-corrected chi connectivity index (χ3v) is 4.89. The average Bonchev–Trinajstić information content (AvgIpc) is 3.06. The maximum atomic E-state index is 13.8. The van der Waals surface area contributed by atoms with E-state index in [0.717, 1.165) is 56.2 Å². The Morgan fingerprint density at radius 2 is 1.81 bits per heavy atom. The van der Waals surface area contributed by atoms with Gasteiger partial charge in [-0.05, 0) is 29.8 Å². The van der Waals surface area contributed by atoms with Gasteiger partial charge in [0.2, 0.25) is 0 Å². The highest BCUT2D eigenvalue weighted by atomic mass is 19.1. The van der Waals surface area contributed by atoms with Crippen molar-refractivity contribution in [3.8, 4) is 5.75 Å². The minimum Gasteiger partial charge on any atom is -0.494 e. The summed E-state index contributed by atoms with van der Waals surface area (Å²) in [6, 6.07) is 11.2. The molecule has 6 heteroatoms. The zero-order chi connectivity index (χ0) is 17.9. The van der Waals surface area contributed by atoms with Gasteiger partial charge >= 0.3 is 0 Å². The van der Waals surface area contributed by atoms with E-state index in [1.54, 1.807) is 12.1 Å². The molecule has 2 aromatic heterocycles. The summed E-state index contributed by atoms with van der Waals surface area (Å²) in [7, 11) is 1.49. The fourth-order valence-electron chi connectivity index (χ4n) is 3.46. The zero-order valence-electron chi connectivity index (χ0n) is 14.9. The van der Waals surface area contributed by atoms with Crippen LogP contribution in [0.15, 0.2) is 48.8 Å². The predicted molar refractivity (Wildman–Crippen MR) is 98.7 cm³/mol. The summed E-state index contributed by atoms with van der Waals surface area (Å²) in [5, 5.41) is 0. The van der Waals surface area contributed by atoms with Crippen LogP contribution in [0.25, 0.3) is 5.65 Å². The number of hydrogen-bond donors (Lipinski definition) is 0. The van der Waals surface area contributed by atoms with Crippen molar-refractivity contribution in [2.24, 2.45) is 0 Å². The van der Waals surface area contributed by atoms with E-state index in [0.29, 0.717) is 5.75 Å². The molecule has 0 aliphatic carbocycles. The van der Waals surface area contributed by atoms with Crippen LogP contribution in [0, 0.1) is 5.82 Å². The number of pyridine rings is 1. The lowest BCUT2D eigenvalue weighted by molar-refractivity contribution is 0.121. The molecule has 0 atom stereocenters. The molecule has 1 aromatic carbocycles. The van der Waals surface area contributed by atoms with Gasteiger partial charge in [0, 0.05) is 51.7 Å². The molecule has 26 heavy (non-hydrogen) atoms. The minimum absolute atomic E-state index is 0.296. The van der Waals surface area contributed by atoms with Gasteiger partial charge in [-0.2, -0.15) is 0 Å². The summed E-state index contributed by atoms with van der Waals surface area (Å²) < 4.78 is 20.9. The summed E-state index contributed by atoms with van der Waals surface area (Å²) in [5.74, 6) is 0.00140. The lowest BCUT2D eigenvalue weighted by Gasteiger charge is -2.34. The van der Waals surface area contributed by atoms with E-state index in [1.807, 2.05) is 30.5 Å². The van der Waals surface area contributed by atoms with Gasteiger partial charge in [0.15, 0.2) is 11.6 Å². The standard InChI is InChI=1S/C20H23FN4O/c1-26-19-6-5-16(12-18(19)21)13-23-8-10-24(11-9-23)14-17-15-25-7-3-2-4-20(25)22-17/h2-7,12,15H,8-11,13-14H2,1H3. The van der Waals surface area contributed by atoms with Crippen molar-refractivity contribution in [3.05, 3.63) is 65.9 Å². The van der Waals surface area contributed by atoms with E-state index >= 15 is 0 Å². The Kier molecular flexibility index (Phi) is 4.86. The van der Waals surface area contributed by atoms with Gasteiger partial charge in [-0.15, -0.1) is 0 Å². The molecule has 0 bridgehead atoms. The molecule has 0 unspecified atom stereocenters. The zero-order valence-corrected chi connectivity index (χ0v) is 14.9. The van der Waals surface area contributed by atoms with Crippen LogP contribution in [0.3, 0.4) is 0 Å². The fourth-order valence-corrected chi connectivity index (χ4v) is 3.46. The molecule has 0 saturated carbocycles. The first-order valence-corrected chi connectivity index (χ1v) is 8.91. The number of rotatable bonds is 5. The number of ether oxygens (including phenoxy) is 1. The van der Waals surface area contributed by atoms with Gasteiger partial charge in [-0.3, -0.25) is 9.80 Å². The minimum atomic E-state index is -0.296. The molecule has 136 valence electrons. The van der Waals surface area contributed by atoms with Gasteiger partial charge in [0.25, 0.3) is 0 Å². The first-order chi connectivity index (χ1) is 12.7. The van der Waals surface area contributed by atoms with Crippen LogP contribution in [-0.4, -0.2) is 52.5 Å². The number of aromatic nitrogens is 2. The molecule has 4 rings (SSSR count). The number of methoxy groups -OCH3 is 1. The van der Waals surface area contributed by atoms with Crippen LogP contribution in [0.2, 0.25) is 0 Å². The number of benzene rings is 1. The molecule has 3 heterocycles.